The van der Waals surface area contributed by atoms with Crippen molar-refractivity contribution < 1.29 is 19.0 Å². The smallest absolute Gasteiger partial charge is 0.271 e. The normalized spacial score (nSPS) is 10.6. The Kier molecular flexibility index (Phi) is 6.84. The largest absolute Gasteiger partial charge is 0.497 e. The molecule has 1 N–H and O–H groups in total. The van der Waals surface area contributed by atoms with Crippen LogP contribution in [0.1, 0.15) is 21.5 Å². The van der Waals surface area contributed by atoms with Crippen molar-refractivity contribution in [2.24, 2.45) is 5.10 Å². The molecule has 0 aliphatic heterocycles. The van der Waals surface area contributed by atoms with Crippen LogP contribution >= 0.6 is 0 Å². The van der Waals surface area contributed by atoms with Gasteiger partial charge < -0.3 is 14.2 Å². The Morgan fingerprint density at radius 3 is 2.28 bits per heavy atom. The fourth-order valence-electron chi connectivity index (χ4n) is 2.62. The molecule has 3 aromatic rings. The second-order valence-corrected chi connectivity index (χ2v) is 6.11. The van der Waals surface area contributed by atoms with Crippen LogP contribution in [0.25, 0.3) is 0 Å². The van der Waals surface area contributed by atoms with Crippen LogP contribution < -0.4 is 19.6 Å². The van der Waals surface area contributed by atoms with E-state index >= 15 is 0 Å². The highest BCUT2D eigenvalue weighted by Gasteiger charge is 2.09. The van der Waals surface area contributed by atoms with Crippen LogP contribution in [-0.2, 0) is 6.61 Å². The second-order valence-electron chi connectivity index (χ2n) is 6.11. The van der Waals surface area contributed by atoms with Gasteiger partial charge in [-0.3, -0.25) is 4.79 Å². The van der Waals surface area contributed by atoms with Crippen molar-refractivity contribution in [3.05, 3.63) is 89.5 Å². The molecule has 6 heteroatoms. The number of benzene rings is 3. The van der Waals surface area contributed by atoms with Crippen LogP contribution in [0.3, 0.4) is 0 Å². The Balaban J connectivity index is 1.67. The molecule has 0 spiro atoms. The number of hydrazone groups is 1. The molecule has 0 aromatic heterocycles. The van der Waals surface area contributed by atoms with Crippen LogP contribution in [-0.4, -0.2) is 26.3 Å². The first-order valence-corrected chi connectivity index (χ1v) is 9.02. The number of para-hydroxylation sites is 1. The number of methoxy groups -OCH3 is 2. The van der Waals surface area contributed by atoms with E-state index in [4.69, 9.17) is 14.2 Å². The maximum absolute atomic E-state index is 12.4. The quantitative estimate of drug-likeness (QED) is 0.465. The van der Waals surface area contributed by atoms with Gasteiger partial charge in [-0.05, 0) is 29.8 Å². The summed E-state index contributed by atoms with van der Waals surface area (Å²) in [5, 5.41) is 4.06. The molecule has 6 nitrogen and oxygen atoms in total. The number of hydrogen-bond donors (Lipinski definition) is 1. The Morgan fingerprint density at radius 2 is 1.59 bits per heavy atom. The molecule has 0 heterocycles. The average Bonchev–Trinajstić information content (AvgIpc) is 2.78. The summed E-state index contributed by atoms with van der Waals surface area (Å²) in [6.07, 6.45) is 1.55. The van der Waals surface area contributed by atoms with E-state index in [1.54, 1.807) is 24.4 Å². The van der Waals surface area contributed by atoms with E-state index in [9.17, 15) is 4.79 Å². The highest BCUT2D eigenvalue weighted by Crippen LogP contribution is 2.22. The summed E-state index contributed by atoms with van der Waals surface area (Å²) in [4.78, 5) is 12.4. The number of carbonyl (C=O) groups excluding carboxylic acids is 1. The molecule has 3 rings (SSSR count). The van der Waals surface area contributed by atoms with E-state index in [0.717, 1.165) is 11.1 Å². The first kappa shape index (κ1) is 19.9. The van der Waals surface area contributed by atoms with Crippen LogP contribution in [0.5, 0.6) is 17.2 Å². The molecule has 0 saturated carbocycles. The third-order valence-corrected chi connectivity index (χ3v) is 4.14. The van der Waals surface area contributed by atoms with Crippen molar-refractivity contribution in [1.29, 1.82) is 0 Å². The monoisotopic (exact) mass is 390 g/mol. The predicted octanol–water partition coefficient (Wildman–Crippen LogP) is 4.05. The molecule has 0 atom stereocenters. The van der Waals surface area contributed by atoms with E-state index in [2.05, 4.69) is 10.5 Å². The Morgan fingerprint density at radius 1 is 0.931 bits per heavy atom. The fraction of sp³-hybridized carbons (Fsp3) is 0.130. The maximum atomic E-state index is 12.4. The van der Waals surface area contributed by atoms with Crippen molar-refractivity contribution in [2.45, 2.75) is 6.61 Å². The zero-order valence-electron chi connectivity index (χ0n) is 16.3. The average molecular weight is 390 g/mol. The van der Waals surface area contributed by atoms with Gasteiger partial charge in [0.05, 0.1) is 20.4 Å². The highest BCUT2D eigenvalue weighted by molar-refractivity contribution is 5.96. The molecule has 0 radical (unpaired) electrons. The number of amides is 1. The van der Waals surface area contributed by atoms with Crippen molar-refractivity contribution >= 4 is 12.1 Å². The zero-order chi connectivity index (χ0) is 20.5. The summed E-state index contributed by atoms with van der Waals surface area (Å²) < 4.78 is 16.3. The third kappa shape index (κ3) is 5.59. The number of carbonyl (C=O) groups is 1. The summed E-state index contributed by atoms with van der Waals surface area (Å²) in [6, 6.07) is 22.3. The van der Waals surface area contributed by atoms with Gasteiger partial charge in [0, 0.05) is 17.2 Å². The molecule has 1 amide bonds. The van der Waals surface area contributed by atoms with Crippen molar-refractivity contribution in [2.75, 3.05) is 14.2 Å². The van der Waals surface area contributed by atoms with Crippen LogP contribution in [0.4, 0.5) is 0 Å². The lowest BCUT2D eigenvalue weighted by Crippen LogP contribution is -2.17. The predicted molar refractivity (Wildman–Crippen MR) is 112 cm³/mol. The van der Waals surface area contributed by atoms with Gasteiger partial charge in [0.2, 0.25) is 0 Å². The molecule has 29 heavy (non-hydrogen) atoms. The Bertz CT molecular complexity index is 965. The lowest BCUT2D eigenvalue weighted by atomic mass is 10.2. The lowest BCUT2D eigenvalue weighted by molar-refractivity contribution is 0.0954. The summed E-state index contributed by atoms with van der Waals surface area (Å²) in [5.41, 5.74) is 4.72. The lowest BCUT2D eigenvalue weighted by Gasteiger charge is -2.09. The van der Waals surface area contributed by atoms with Crippen molar-refractivity contribution in [3.63, 3.8) is 0 Å². The van der Waals surface area contributed by atoms with E-state index in [1.165, 1.54) is 14.2 Å². The molecule has 0 unspecified atom stereocenters. The first-order valence-electron chi connectivity index (χ1n) is 9.02. The van der Waals surface area contributed by atoms with Crippen LogP contribution in [0.2, 0.25) is 0 Å². The van der Waals surface area contributed by atoms with Gasteiger partial charge in [-0.2, -0.15) is 5.10 Å². The minimum Gasteiger partial charge on any atom is -0.497 e. The Hall–Kier alpha value is -3.80. The van der Waals surface area contributed by atoms with Crippen molar-refractivity contribution in [3.8, 4) is 17.2 Å². The molecular formula is C23H22N2O4. The van der Waals surface area contributed by atoms with Gasteiger partial charge in [-0.15, -0.1) is 0 Å². The maximum Gasteiger partial charge on any atom is 0.271 e. The molecule has 148 valence electrons. The number of hydrogen-bond acceptors (Lipinski definition) is 5. The second kappa shape index (κ2) is 9.94. The molecule has 0 bridgehead atoms. The third-order valence-electron chi connectivity index (χ3n) is 4.14. The van der Waals surface area contributed by atoms with Gasteiger partial charge in [0.15, 0.2) is 0 Å². The van der Waals surface area contributed by atoms with Crippen LogP contribution in [0.15, 0.2) is 77.9 Å². The van der Waals surface area contributed by atoms with Gasteiger partial charge in [-0.1, -0.05) is 42.5 Å². The minimum absolute atomic E-state index is 0.374. The van der Waals surface area contributed by atoms with E-state index in [0.29, 0.717) is 29.4 Å². The molecule has 0 aliphatic rings. The fourth-order valence-corrected chi connectivity index (χ4v) is 2.62. The van der Waals surface area contributed by atoms with Gasteiger partial charge in [0.25, 0.3) is 5.91 Å². The first-order chi connectivity index (χ1) is 14.2. The molecule has 0 aliphatic carbocycles. The Labute approximate surface area is 169 Å². The standard InChI is InChI=1S/C23H22N2O4/c1-27-20-12-19(13-21(14-20)28-2)23(26)25-24-15-18-10-6-7-11-22(18)29-16-17-8-4-3-5-9-17/h3-15H,16H2,1-2H3,(H,25,26)/b24-15+. The summed E-state index contributed by atoms with van der Waals surface area (Å²) >= 11 is 0. The zero-order valence-corrected chi connectivity index (χ0v) is 16.3. The molecule has 0 fully saturated rings. The van der Waals surface area contributed by atoms with E-state index < -0.39 is 0 Å². The molecule has 3 aromatic carbocycles. The van der Waals surface area contributed by atoms with E-state index in [1.807, 2.05) is 54.6 Å². The summed E-state index contributed by atoms with van der Waals surface area (Å²) in [6.45, 7) is 0.446. The van der Waals surface area contributed by atoms with Gasteiger partial charge in [-0.25, -0.2) is 5.43 Å². The summed E-state index contributed by atoms with van der Waals surface area (Å²) in [5.74, 6) is 1.36. The molecule has 0 saturated heterocycles. The number of nitrogens with zero attached hydrogens (tertiary/aromatic N) is 1. The van der Waals surface area contributed by atoms with Crippen LogP contribution in [0, 0.1) is 0 Å². The van der Waals surface area contributed by atoms with Gasteiger partial charge >= 0.3 is 0 Å². The van der Waals surface area contributed by atoms with Gasteiger partial charge in [0.1, 0.15) is 23.9 Å². The topological polar surface area (TPSA) is 69.2 Å². The minimum atomic E-state index is -0.374. The number of nitrogens with one attached hydrogen (secondary N) is 1. The number of ether oxygens (including phenoxy) is 3. The SMILES string of the molecule is COc1cc(OC)cc(C(=O)N/N=C/c2ccccc2OCc2ccccc2)c1. The molecular weight excluding hydrogens is 368 g/mol. The van der Waals surface area contributed by atoms with E-state index in [-0.39, 0.29) is 5.91 Å². The summed E-state index contributed by atoms with van der Waals surface area (Å²) in [7, 11) is 3.06. The highest BCUT2D eigenvalue weighted by atomic mass is 16.5. The van der Waals surface area contributed by atoms with Crippen molar-refractivity contribution in [1.82, 2.24) is 5.43 Å². The number of rotatable bonds is 8.